The van der Waals surface area contributed by atoms with Crippen LogP contribution in [-0.2, 0) is 4.79 Å². The van der Waals surface area contributed by atoms with Gasteiger partial charge in [-0.2, -0.15) is 0 Å². The predicted molar refractivity (Wildman–Crippen MR) is 93.7 cm³/mol. The first-order chi connectivity index (χ1) is 10.5. The van der Waals surface area contributed by atoms with E-state index in [0.717, 1.165) is 14.5 Å². The molecule has 0 radical (unpaired) electrons. The van der Waals surface area contributed by atoms with Crippen LogP contribution in [0.4, 0.5) is 5.69 Å². The van der Waals surface area contributed by atoms with Crippen LogP contribution in [0.1, 0.15) is 5.56 Å². The summed E-state index contributed by atoms with van der Waals surface area (Å²) >= 11 is 6.84. The van der Waals surface area contributed by atoms with Crippen LogP contribution in [0.15, 0.2) is 45.3 Å². The van der Waals surface area contributed by atoms with Crippen molar-refractivity contribution in [2.45, 2.75) is 6.92 Å². The summed E-state index contributed by atoms with van der Waals surface area (Å²) in [5, 5.41) is 2.77. The van der Waals surface area contributed by atoms with E-state index >= 15 is 0 Å². The molecule has 0 aliphatic carbocycles. The number of aryl methyl sites for hydroxylation is 1. The molecule has 2 aromatic rings. The van der Waals surface area contributed by atoms with E-state index in [0.29, 0.717) is 17.2 Å². The van der Waals surface area contributed by atoms with E-state index in [2.05, 4.69) is 37.2 Å². The fourth-order valence-electron chi connectivity index (χ4n) is 1.94. The standard InChI is InChI=1S/C16H15Br2NO3/c1-10-7-11(17)8-12(18)16(10)22-9-15(20)19-13-5-3-4-6-14(13)21-2/h3-8H,9H2,1-2H3,(H,19,20). The Morgan fingerprint density at radius 1 is 1.23 bits per heavy atom. The third kappa shape index (κ3) is 4.24. The fourth-order valence-corrected chi connectivity index (χ4v) is 3.50. The Kier molecular flexibility index (Phi) is 5.85. The molecular weight excluding hydrogens is 414 g/mol. The van der Waals surface area contributed by atoms with Gasteiger partial charge in [0.05, 0.1) is 17.3 Å². The topological polar surface area (TPSA) is 47.6 Å². The number of amides is 1. The van der Waals surface area contributed by atoms with Crippen molar-refractivity contribution in [3.05, 3.63) is 50.9 Å². The van der Waals surface area contributed by atoms with E-state index in [1.54, 1.807) is 19.2 Å². The highest BCUT2D eigenvalue weighted by Crippen LogP contribution is 2.32. The van der Waals surface area contributed by atoms with Gasteiger partial charge in [-0.05, 0) is 52.7 Å². The molecule has 0 saturated carbocycles. The lowest BCUT2D eigenvalue weighted by Crippen LogP contribution is -2.20. The summed E-state index contributed by atoms with van der Waals surface area (Å²) in [4.78, 5) is 12.0. The molecule has 2 aromatic carbocycles. The van der Waals surface area contributed by atoms with Gasteiger partial charge in [-0.15, -0.1) is 0 Å². The molecule has 0 spiro atoms. The number of hydrogen-bond acceptors (Lipinski definition) is 3. The van der Waals surface area contributed by atoms with Crippen LogP contribution in [0.25, 0.3) is 0 Å². The molecule has 0 aliphatic rings. The molecule has 0 fully saturated rings. The summed E-state index contributed by atoms with van der Waals surface area (Å²) in [5.41, 5.74) is 1.55. The van der Waals surface area contributed by atoms with Crippen molar-refractivity contribution < 1.29 is 14.3 Å². The molecule has 0 atom stereocenters. The molecule has 0 saturated heterocycles. The molecule has 116 valence electrons. The summed E-state index contributed by atoms with van der Waals surface area (Å²) in [7, 11) is 1.56. The van der Waals surface area contributed by atoms with E-state index in [1.165, 1.54) is 0 Å². The highest BCUT2D eigenvalue weighted by molar-refractivity contribution is 9.11. The number of benzene rings is 2. The van der Waals surface area contributed by atoms with Gasteiger partial charge in [0.1, 0.15) is 11.5 Å². The maximum Gasteiger partial charge on any atom is 0.262 e. The quantitative estimate of drug-likeness (QED) is 0.759. The fraction of sp³-hybridized carbons (Fsp3) is 0.188. The minimum Gasteiger partial charge on any atom is -0.495 e. The maximum absolute atomic E-state index is 12.0. The zero-order valence-corrected chi connectivity index (χ0v) is 15.3. The first kappa shape index (κ1) is 16.8. The Hall–Kier alpha value is -1.53. The minimum absolute atomic E-state index is 0.0842. The minimum atomic E-state index is -0.251. The van der Waals surface area contributed by atoms with E-state index < -0.39 is 0 Å². The van der Waals surface area contributed by atoms with Crippen LogP contribution in [0.2, 0.25) is 0 Å². The number of methoxy groups -OCH3 is 1. The largest absolute Gasteiger partial charge is 0.495 e. The average Bonchev–Trinajstić information content (AvgIpc) is 2.46. The van der Waals surface area contributed by atoms with Gasteiger partial charge < -0.3 is 14.8 Å². The molecule has 0 unspecified atom stereocenters. The molecule has 0 aromatic heterocycles. The molecule has 6 heteroatoms. The van der Waals surface area contributed by atoms with E-state index in [9.17, 15) is 4.79 Å². The Balaban J connectivity index is 2.02. The van der Waals surface area contributed by atoms with Crippen LogP contribution in [-0.4, -0.2) is 19.6 Å². The lowest BCUT2D eigenvalue weighted by Gasteiger charge is -2.13. The summed E-state index contributed by atoms with van der Waals surface area (Å²) in [6.45, 7) is 1.84. The Morgan fingerprint density at radius 3 is 2.64 bits per heavy atom. The molecule has 4 nitrogen and oxygen atoms in total. The third-order valence-electron chi connectivity index (χ3n) is 2.92. The predicted octanol–water partition coefficient (Wildman–Crippen LogP) is 4.55. The average molecular weight is 429 g/mol. The second-order valence-electron chi connectivity index (χ2n) is 4.57. The van der Waals surface area contributed by atoms with Crippen molar-refractivity contribution in [1.29, 1.82) is 0 Å². The van der Waals surface area contributed by atoms with E-state index in [-0.39, 0.29) is 12.5 Å². The summed E-state index contributed by atoms with van der Waals surface area (Å²) in [6, 6.07) is 11.0. The molecule has 0 heterocycles. The maximum atomic E-state index is 12.0. The highest BCUT2D eigenvalue weighted by Gasteiger charge is 2.11. The molecule has 1 amide bonds. The zero-order valence-electron chi connectivity index (χ0n) is 12.2. The molecule has 0 bridgehead atoms. The van der Waals surface area contributed by atoms with Crippen molar-refractivity contribution in [2.75, 3.05) is 19.0 Å². The number of ether oxygens (including phenoxy) is 2. The third-order valence-corrected chi connectivity index (χ3v) is 3.97. The number of hydrogen-bond donors (Lipinski definition) is 1. The SMILES string of the molecule is COc1ccccc1NC(=O)COc1c(C)cc(Br)cc1Br. The second kappa shape index (κ2) is 7.65. The lowest BCUT2D eigenvalue weighted by atomic mass is 10.2. The normalized spacial score (nSPS) is 10.2. The summed E-state index contributed by atoms with van der Waals surface area (Å²) < 4.78 is 12.5. The number of anilines is 1. The second-order valence-corrected chi connectivity index (χ2v) is 6.34. The number of carbonyl (C=O) groups excluding carboxylic acids is 1. The highest BCUT2D eigenvalue weighted by atomic mass is 79.9. The van der Waals surface area contributed by atoms with Crippen molar-refractivity contribution >= 4 is 43.5 Å². The number of nitrogens with one attached hydrogen (secondary N) is 1. The number of halogens is 2. The van der Waals surface area contributed by atoms with Crippen LogP contribution in [0, 0.1) is 6.92 Å². The monoisotopic (exact) mass is 427 g/mol. The molecule has 22 heavy (non-hydrogen) atoms. The van der Waals surface area contributed by atoms with E-state index in [1.807, 2.05) is 31.2 Å². The Labute approximate surface area is 146 Å². The van der Waals surface area contributed by atoms with Crippen molar-refractivity contribution in [3.63, 3.8) is 0 Å². The van der Waals surface area contributed by atoms with Crippen molar-refractivity contribution in [1.82, 2.24) is 0 Å². The van der Waals surface area contributed by atoms with Gasteiger partial charge in [-0.25, -0.2) is 0 Å². The number of rotatable bonds is 5. The van der Waals surface area contributed by atoms with Gasteiger partial charge in [0, 0.05) is 4.47 Å². The first-order valence-corrected chi connectivity index (χ1v) is 8.11. The number of para-hydroxylation sites is 2. The van der Waals surface area contributed by atoms with Crippen LogP contribution in [0.5, 0.6) is 11.5 Å². The van der Waals surface area contributed by atoms with Crippen LogP contribution >= 0.6 is 31.9 Å². The first-order valence-electron chi connectivity index (χ1n) is 6.52. The van der Waals surface area contributed by atoms with Gasteiger partial charge in [-0.1, -0.05) is 28.1 Å². The molecule has 0 aliphatic heterocycles. The molecular formula is C16H15Br2NO3. The van der Waals surface area contributed by atoms with E-state index in [4.69, 9.17) is 9.47 Å². The van der Waals surface area contributed by atoms with Gasteiger partial charge in [0.2, 0.25) is 0 Å². The number of carbonyl (C=O) groups is 1. The lowest BCUT2D eigenvalue weighted by molar-refractivity contribution is -0.118. The van der Waals surface area contributed by atoms with Gasteiger partial charge >= 0.3 is 0 Å². The van der Waals surface area contributed by atoms with Crippen molar-refractivity contribution in [2.24, 2.45) is 0 Å². The zero-order chi connectivity index (χ0) is 16.1. The van der Waals surface area contributed by atoms with Crippen LogP contribution < -0.4 is 14.8 Å². The van der Waals surface area contributed by atoms with Gasteiger partial charge in [0.15, 0.2) is 6.61 Å². The Bertz CT molecular complexity index is 666. The summed E-state index contributed by atoms with van der Waals surface area (Å²) in [6.07, 6.45) is 0. The molecule has 2 rings (SSSR count). The van der Waals surface area contributed by atoms with Gasteiger partial charge in [0.25, 0.3) is 5.91 Å². The summed E-state index contributed by atoms with van der Waals surface area (Å²) in [5.74, 6) is 1.01. The van der Waals surface area contributed by atoms with Crippen LogP contribution in [0.3, 0.4) is 0 Å². The molecule has 1 N–H and O–H groups in total. The van der Waals surface area contributed by atoms with Crippen molar-refractivity contribution in [3.8, 4) is 11.5 Å². The van der Waals surface area contributed by atoms with Gasteiger partial charge in [-0.3, -0.25) is 4.79 Å². The smallest absolute Gasteiger partial charge is 0.262 e. The Morgan fingerprint density at radius 2 is 1.95 bits per heavy atom.